The van der Waals surface area contributed by atoms with Gasteiger partial charge in [-0.15, -0.1) is 0 Å². The van der Waals surface area contributed by atoms with Gasteiger partial charge in [-0.05, 0) is 12.1 Å². The molecule has 0 bridgehead atoms. The van der Waals surface area contributed by atoms with Crippen molar-refractivity contribution < 1.29 is 4.74 Å². The molecule has 3 nitrogen and oxygen atoms in total. The number of aromatic nitrogens is 2. The van der Waals surface area contributed by atoms with Crippen LogP contribution in [0.1, 0.15) is 0 Å². The second-order valence-corrected chi connectivity index (χ2v) is 2.88. The van der Waals surface area contributed by atoms with Crippen LogP contribution in [0, 0.1) is 0 Å². The van der Waals surface area contributed by atoms with E-state index in [-0.39, 0.29) is 0 Å². The molecule has 1 aromatic heterocycles. The fourth-order valence-corrected chi connectivity index (χ4v) is 1.34. The monoisotopic (exact) mass is 194 g/mol. The second kappa shape index (κ2) is 3.18. The van der Waals surface area contributed by atoms with Gasteiger partial charge in [0, 0.05) is 5.39 Å². The van der Waals surface area contributed by atoms with E-state index < -0.39 is 0 Å². The highest BCUT2D eigenvalue weighted by atomic mass is 35.5. The molecular weight excluding hydrogens is 188 g/mol. The molecular formula is C9H7ClN2O. The van der Waals surface area contributed by atoms with Crippen LogP contribution in [0.5, 0.6) is 6.01 Å². The molecule has 0 atom stereocenters. The summed E-state index contributed by atoms with van der Waals surface area (Å²) < 4.78 is 4.90. The van der Waals surface area contributed by atoms with Crippen LogP contribution in [0.2, 0.25) is 5.15 Å². The molecule has 0 aliphatic carbocycles. The summed E-state index contributed by atoms with van der Waals surface area (Å²) in [6.07, 6.45) is 0. The summed E-state index contributed by atoms with van der Waals surface area (Å²) in [6, 6.07) is 7.82. The number of ether oxygens (including phenoxy) is 1. The first-order valence-electron chi connectivity index (χ1n) is 3.77. The number of benzene rings is 1. The molecule has 2 aromatic rings. The number of hydrogen-bond acceptors (Lipinski definition) is 3. The Kier molecular flexibility index (Phi) is 2.02. The molecule has 1 heterocycles. The Balaban J connectivity index is 2.77. The second-order valence-electron chi connectivity index (χ2n) is 2.52. The quantitative estimate of drug-likeness (QED) is 0.654. The minimum absolute atomic E-state index is 0.295. The highest BCUT2D eigenvalue weighted by Crippen LogP contribution is 2.21. The maximum absolute atomic E-state index is 5.91. The van der Waals surface area contributed by atoms with Gasteiger partial charge in [0.15, 0.2) is 0 Å². The average Bonchev–Trinajstić information content (AvgIpc) is 2.18. The van der Waals surface area contributed by atoms with Crippen LogP contribution < -0.4 is 4.74 Å². The Bertz CT molecular complexity index is 445. The fraction of sp³-hybridized carbons (Fsp3) is 0.111. The van der Waals surface area contributed by atoms with Crippen molar-refractivity contribution in [2.24, 2.45) is 0 Å². The summed E-state index contributed by atoms with van der Waals surface area (Å²) in [6.45, 7) is 0. The molecule has 66 valence electrons. The summed E-state index contributed by atoms with van der Waals surface area (Å²) in [4.78, 5) is 8.09. The molecule has 0 N–H and O–H groups in total. The lowest BCUT2D eigenvalue weighted by Gasteiger charge is -2.01. The van der Waals surface area contributed by atoms with E-state index in [4.69, 9.17) is 16.3 Å². The van der Waals surface area contributed by atoms with Crippen LogP contribution >= 0.6 is 11.6 Å². The molecule has 13 heavy (non-hydrogen) atoms. The van der Waals surface area contributed by atoms with E-state index in [9.17, 15) is 0 Å². The molecule has 0 aliphatic rings. The van der Waals surface area contributed by atoms with E-state index in [1.54, 1.807) is 0 Å². The topological polar surface area (TPSA) is 35.0 Å². The summed E-state index contributed by atoms with van der Waals surface area (Å²) in [5, 5.41) is 1.26. The number of methoxy groups -OCH3 is 1. The van der Waals surface area contributed by atoms with E-state index in [0.717, 1.165) is 10.9 Å². The zero-order valence-corrected chi connectivity index (χ0v) is 7.75. The first-order chi connectivity index (χ1) is 6.31. The van der Waals surface area contributed by atoms with Gasteiger partial charge < -0.3 is 4.74 Å². The van der Waals surface area contributed by atoms with Gasteiger partial charge in [0.25, 0.3) is 0 Å². The predicted octanol–water partition coefficient (Wildman–Crippen LogP) is 2.29. The Hall–Kier alpha value is -1.35. The zero-order chi connectivity index (χ0) is 9.26. The molecule has 0 saturated heterocycles. The van der Waals surface area contributed by atoms with Crippen molar-refractivity contribution in [2.75, 3.05) is 7.11 Å². The largest absolute Gasteiger partial charge is 0.467 e. The molecule has 2 rings (SSSR count). The number of para-hydroxylation sites is 1. The Labute approximate surface area is 80.3 Å². The van der Waals surface area contributed by atoms with E-state index >= 15 is 0 Å². The van der Waals surface area contributed by atoms with Gasteiger partial charge in [0.05, 0.1) is 12.6 Å². The SMILES string of the molecule is COc1nc(Cl)c2ccccc2n1. The Morgan fingerprint density at radius 1 is 1.23 bits per heavy atom. The van der Waals surface area contributed by atoms with Gasteiger partial charge in [-0.25, -0.2) is 0 Å². The molecule has 0 amide bonds. The molecule has 0 spiro atoms. The number of fused-ring (bicyclic) bond motifs is 1. The molecule has 4 heteroatoms. The van der Waals surface area contributed by atoms with Gasteiger partial charge in [-0.1, -0.05) is 23.7 Å². The first-order valence-corrected chi connectivity index (χ1v) is 4.15. The van der Waals surface area contributed by atoms with Crippen LogP contribution in [-0.2, 0) is 0 Å². The molecule has 1 aromatic carbocycles. The lowest BCUT2D eigenvalue weighted by Crippen LogP contribution is -1.92. The Morgan fingerprint density at radius 2 is 2.00 bits per heavy atom. The van der Waals surface area contributed by atoms with Gasteiger partial charge in [-0.3, -0.25) is 0 Å². The van der Waals surface area contributed by atoms with Crippen molar-refractivity contribution in [1.29, 1.82) is 0 Å². The van der Waals surface area contributed by atoms with E-state index in [0.29, 0.717) is 11.2 Å². The standard InChI is InChI=1S/C9H7ClN2O/c1-13-9-11-7-5-3-2-4-6(7)8(10)12-9/h2-5H,1H3. The van der Waals surface area contributed by atoms with Crippen LogP contribution in [0.25, 0.3) is 10.9 Å². The van der Waals surface area contributed by atoms with Gasteiger partial charge >= 0.3 is 6.01 Å². The van der Waals surface area contributed by atoms with E-state index in [1.807, 2.05) is 24.3 Å². The highest BCUT2D eigenvalue weighted by Gasteiger charge is 2.03. The minimum Gasteiger partial charge on any atom is -0.467 e. The normalized spacial score (nSPS) is 10.3. The molecule has 0 fully saturated rings. The number of hydrogen-bond donors (Lipinski definition) is 0. The van der Waals surface area contributed by atoms with E-state index in [1.165, 1.54) is 7.11 Å². The maximum Gasteiger partial charge on any atom is 0.318 e. The van der Waals surface area contributed by atoms with Crippen molar-refractivity contribution in [3.63, 3.8) is 0 Å². The van der Waals surface area contributed by atoms with Crippen LogP contribution in [0.3, 0.4) is 0 Å². The molecule has 0 unspecified atom stereocenters. The van der Waals surface area contributed by atoms with Crippen molar-refractivity contribution in [3.05, 3.63) is 29.4 Å². The number of rotatable bonds is 1. The summed E-state index contributed by atoms with van der Waals surface area (Å²) >= 11 is 5.91. The fourth-order valence-electron chi connectivity index (χ4n) is 1.11. The van der Waals surface area contributed by atoms with Gasteiger partial charge in [0.2, 0.25) is 0 Å². The average molecular weight is 195 g/mol. The Morgan fingerprint density at radius 3 is 2.77 bits per heavy atom. The lowest BCUT2D eigenvalue weighted by atomic mass is 10.2. The van der Waals surface area contributed by atoms with Crippen molar-refractivity contribution >= 4 is 22.5 Å². The molecule has 0 radical (unpaired) electrons. The van der Waals surface area contributed by atoms with Crippen LogP contribution in [-0.4, -0.2) is 17.1 Å². The zero-order valence-electron chi connectivity index (χ0n) is 6.99. The van der Waals surface area contributed by atoms with Crippen LogP contribution in [0.15, 0.2) is 24.3 Å². The lowest BCUT2D eigenvalue weighted by molar-refractivity contribution is 0.382. The predicted molar refractivity (Wildman–Crippen MR) is 51.1 cm³/mol. The third kappa shape index (κ3) is 1.42. The number of nitrogens with zero attached hydrogens (tertiary/aromatic N) is 2. The summed E-state index contributed by atoms with van der Waals surface area (Å²) in [5.74, 6) is 0. The van der Waals surface area contributed by atoms with Crippen molar-refractivity contribution in [1.82, 2.24) is 9.97 Å². The number of halogens is 1. The third-order valence-electron chi connectivity index (χ3n) is 1.72. The summed E-state index contributed by atoms with van der Waals surface area (Å²) in [7, 11) is 1.51. The minimum atomic E-state index is 0.295. The highest BCUT2D eigenvalue weighted by molar-refractivity contribution is 6.34. The smallest absolute Gasteiger partial charge is 0.318 e. The first kappa shape index (κ1) is 8.26. The molecule has 0 saturated carbocycles. The maximum atomic E-state index is 5.91. The molecule has 0 aliphatic heterocycles. The van der Waals surface area contributed by atoms with Gasteiger partial charge in [0.1, 0.15) is 5.15 Å². The third-order valence-corrected chi connectivity index (χ3v) is 2.01. The van der Waals surface area contributed by atoms with E-state index in [2.05, 4.69) is 9.97 Å². The van der Waals surface area contributed by atoms with Crippen LogP contribution in [0.4, 0.5) is 0 Å². The van der Waals surface area contributed by atoms with Crippen molar-refractivity contribution in [2.45, 2.75) is 0 Å². The van der Waals surface area contributed by atoms with Crippen molar-refractivity contribution in [3.8, 4) is 6.01 Å². The van der Waals surface area contributed by atoms with Gasteiger partial charge in [-0.2, -0.15) is 9.97 Å². The summed E-state index contributed by atoms with van der Waals surface area (Å²) in [5.41, 5.74) is 0.791.